The van der Waals surface area contributed by atoms with Gasteiger partial charge < -0.3 is 10.2 Å². The lowest BCUT2D eigenvalue weighted by molar-refractivity contribution is -0.143. The van der Waals surface area contributed by atoms with E-state index >= 15 is 0 Å². The predicted octanol–water partition coefficient (Wildman–Crippen LogP) is 2.94. The van der Waals surface area contributed by atoms with E-state index in [1.807, 2.05) is 13.8 Å². The van der Waals surface area contributed by atoms with E-state index in [9.17, 15) is 18.4 Å². The fourth-order valence-corrected chi connectivity index (χ4v) is 1.85. The summed E-state index contributed by atoms with van der Waals surface area (Å²) in [6.45, 7) is 4.81. The highest BCUT2D eigenvalue weighted by molar-refractivity contribution is 6.39. The van der Waals surface area contributed by atoms with Crippen molar-refractivity contribution in [2.45, 2.75) is 33.1 Å². The minimum atomic E-state index is -0.955. The van der Waals surface area contributed by atoms with E-state index < -0.39 is 23.4 Å². The summed E-state index contributed by atoms with van der Waals surface area (Å²) in [5, 5.41) is 2.12. The molecule has 0 radical (unpaired) electrons. The van der Waals surface area contributed by atoms with Crippen LogP contribution in [-0.2, 0) is 9.59 Å². The number of benzene rings is 1. The zero-order chi connectivity index (χ0) is 15.8. The molecular weight excluding hydrogens is 278 g/mol. The van der Waals surface area contributed by atoms with Crippen molar-refractivity contribution in [3.63, 3.8) is 0 Å². The Morgan fingerprint density at radius 1 is 1.14 bits per heavy atom. The molecule has 2 amide bonds. The highest BCUT2D eigenvalue weighted by atomic mass is 19.1. The maximum absolute atomic E-state index is 13.4. The molecule has 0 spiro atoms. The lowest BCUT2D eigenvalue weighted by atomic mass is 10.2. The number of carbonyl (C=O) groups excluding carboxylic acids is 2. The van der Waals surface area contributed by atoms with Gasteiger partial charge in [-0.3, -0.25) is 9.59 Å². The van der Waals surface area contributed by atoms with Gasteiger partial charge in [0.1, 0.15) is 11.6 Å². The second-order valence-electron chi connectivity index (χ2n) is 4.72. The Morgan fingerprint density at radius 2 is 1.86 bits per heavy atom. The largest absolute Gasteiger partial charge is 0.334 e. The Morgan fingerprint density at radius 3 is 2.48 bits per heavy atom. The molecule has 0 fully saturated rings. The van der Waals surface area contributed by atoms with Crippen LogP contribution in [-0.4, -0.2) is 29.8 Å². The fourth-order valence-electron chi connectivity index (χ4n) is 1.85. The van der Waals surface area contributed by atoms with Crippen molar-refractivity contribution in [3.05, 3.63) is 29.8 Å². The predicted molar refractivity (Wildman–Crippen MR) is 76.8 cm³/mol. The number of amides is 2. The molecule has 6 heteroatoms. The lowest BCUT2D eigenvalue weighted by Crippen LogP contribution is -2.40. The average molecular weight is 298 g/mol. The Balaban J connectivity index is 2.76. The number of rotatable bonds is 6. The third-order valence-corrected chi connectivity index (χ3v) is 2.93. The quantitative estimate of drug-likeness (QED) is 0.821. The topological polar surface area (TPSA) is 49.4 Å². The van der Waals surface area contributed by atoms with Crippen LogP contribution in [0.25, 0.3) is 0 Å². The monoisotopic (exact) mass is 298 g/mol. The lowest BCUT2D eigenvalue weighted by Gasteiger charge is -2.21. The summed E-state index contributed by atoms with van der Waals surface area (Å²) >= 11 is 0. The second kappa shape index (κ2) is 8.34. The summed E-state index contributed by atoms with van der Waals surface area (Å²) in [5.41, 5.74) is -0.333. The van der Waals surface area contributed by atoms with Gasteiger partial charge in [-0.05, 0) is 25.0 Å². The standard InChI is InChI=1S/C15H20F2N2O2/c1-3-5-9-19(8-4-2)15(21)14(20)18-13-10-11(16)6-7-12(13)17/h6-7,10H,3-5,8-9H2,1-2H3,(H,18,20). The molecular formula is C15H20F2N2O2. The van der Waals surface area contributed by atoms with E-state index in [1.165, 1.54) is 4.90 Å². The van der Waals surface area contributed by atoms with Gasteiger partial charge >= 0.3 is 11.8 Å². The first-order valence-electron chi connectivity index (χ1n) is 7.04. The van der Waals surface area contributed by atoms with E-state index in [1.54, 1.807) is 0 Å². The van der Waals surface area contributed by atoms with Crippen LogP contribution in [0.4, 0.5) is 14.5 Å². The van der Waals surface area contributed by atoms with Crippen molar-refractivity contribution in [1.82, 2.24) is 4.90 Å². The SMILES string of the molecule is CCCCN(CCC)C(=O)C(=O)Nc1cc(F)ccc1F. The summed E-state index contributed by atoms with van der Waals surface area (Å²) in [7, 11) is 0. The van der Waals surface area contributed by atoms with Gasteiger partial charge in [0.05, 0.1) is 5.69 Å². The number of nitrogens with one attached hydrogen (secondary N) is 1. The van der Waals surface area contributed by atoms with Gasteiger partial charge in [-0.15, -0.1) is 0 Å². The first kappa shape index (κ1) is 17.1. The number of carbonyl (C=O) groups is 2. The zero-order valence-electron chi connectivity index (χ0n) is 12.3. The average Bonchev–Trinajstić information content (AvgIpc) is 2.46. The normalized spacial score (nSPS) is 10.3. The van der Waals surface area contributed by atoms with Gasteiger partial charge in [-0.2, -0.15) is 0 Å². The van der Waals surface area contributed by atoms with Gasteiger partial charge in [-0.25, -0.2) is 8.78 Å². The highest BCUT2D eigenvalue weighted by Crippen LogP contribution is 2.15. The van der Waals surface area contributed by atoms with Gasteiger partial charge in [-0.1, -0.05) is 20.3 Å². The van der Waals surface area contributed by atoms with Crippen LogP contribution >= 0.6 is 0 Å². The summed E-state index contributed by atoms with van der Waals surface area (Å²) < 4.78 is 26.5. The first-order valence-corrected chi connectivity index (χ1v) is 7.04. The molecule has 1 rings (SSSR count). The number of hydrogen-bond acceptors (Lipinski definition) is 2. The molecule has 0 aliphatic carbocycles. The Hall–Kier alpha value is -1.98. The molecule has 4 nitrogen and oxygen atoms in total. The van der Waals surface area contributed by atoms with E-state index in [4.69, 9.17) is 0 Å². The maximum atomic E-state index is 13.4. The van der Waals surface area contributed by atoms with E-state index in [0.717, 1.165) is 37.5 Å². The minimum absolute atomic E-state index is 0.333. The Kier molecular flexibility index (Phi) is 6.78. The number of halogens is 2. The molecule has 0 aliphatic rings. The maximum Gasteiger partial charge on any atom is 0.313 e. The van der Waals surface area contributed by atoms with Crippen LogP contribution in [0.15, 0.2) is 18.2 Å². The molecule has 1 aromatic carbocycles. The molecule has 1 N–H and O–H groups in total. The van der Waals surface area contributed by atoms with Crippen molar-refractivity contribution in [2.75, 3.05) is 18.4 Å². The molecule has 0 bridgehead atoms. The zero-order valence-corrected chi connectivity index (χ0v) is 12.3. The minimum Gasteiger partial charge on any atom is -0.334 e. The van der Waals surface area contributed by atoms with Crippen molar-refractivity contribution in [1.29, 1.82) is 0 Å². The molecule has 0 unspecified atom stereocenters. The third-order valence-electron chi connectivity index (χ3n) is 2.93. The summed E-state index contributed by atoms with van der Waals surface area (Å²) in [4.78, 5) is 25.3. The summed E-state index contributed by atoms with van der Waals surface area (Å²) in [6, 6.07) is 2.69. The highest BCUT2D eigenvalue weighted by Gasteiger charge is 2.22. The smallest absolute Gasteiger partial charge is 0.313 e. The van der Waals surface area contributed by atoms with E-state index in [2.05, 4.69) is 5.32 Å². The van der Waals surface area contributed by atoms with Crippen molar-refractivity contribution in [2.24, 2.45) is 0 Å². The Labute approximate surface area is 123 Å². The first-order chi connectivity index (χ1) is 9.99. The molecule has 21 heavy (non-hydrogen) atoms. The van der Waals surface area contributed by atoms with E-state index in [0.29, 0.717) is 13.1 Å². The van der Waals surface area contributed by atoms with Gasteiger partial charge in [0.2, 0.25) is 0 Å². The van der Waals surface area contributed by atoms with Gasteiger partial charge in [0.25, 0.3) is 0 Å². The van der Waals surface area contributed by atoms with Gasteiger partial charge in [0.15, 0.2) is 0 Å². The molecule has 0 saturated heterocycles. The fraction of sp³-hybridized carbons (Fsp3) is 0.467. The van der Waals surface area contributed by atoms with Crippen LogP contribution in [0.2, 0.25) is 0 Å². The summed E-state index contributed by atoms with van der Waals surface area (Å²) in [6.07, 6.45) is 2.40. The number of hydrogen-bond donors (Lipinski definition) is 1. The molecule has 0 saturated carbocycles. The molecule has 116 valence electrons. The molecule has 1 aromatic rings. The van der Waals surface area contributed by atoms with Crippen LogP contribution in [0.1, 0.15) is 33.1 Å². The van der Waals surface area contributed by atoms with Crippen LogP contribution < -0.4 is 5.32 Å². The van der Waals surface area contributed by atoms with E-state index in [-0.39, 0.29) is 5.69 Å². The second-order valence-corrected chi connectivity index (χ2v) is 4.72. The number of nitrogens with zero attached hydrogens (tertiary/aromatic N) is 1. The third kappa shape index (κ3) is 5.13. The number of unbranched alkanes of at least 4 members (excludes halogenated alkanes) is 1. The summed E-state index contributed by atoms with van der Waals surface area (Å²) in [5.74, 6) is -3.15. The molecule has 0 aromatic heterocycles. The Bertz CT molecular complexity index is 506. The van der Waals surface area contributed by atoms with Gasteiger partial charge in [0, 0.05) is 19.2 Å². The van der Waals surface area contributed by atoms with Crippen LogP contribution in [0.3, 0.4) is 0 Å². The molecule has 0 atom stereocenters. The van der Waals surface area contributed by atoms with Crippen molar-refractivity contribution < 1.29 is 18.4 Å². The van der Waals surface area contributed by atoms with Crippen molar-refractivity contribution >= 4 is 17.5 Å². The van der Waals surface area contributed by atoms with Crippen LogP contribution in [0.5, 0.6) is 0 Å². The molecule has 0 heterocycles. The molecule has 0 aliphatic heterocycles. The van der Waals surface area contributed by atoms with Crippen LogP contribution in [0, 0.1) is 11.6 Å². The van der Waals surface area contributed by atoms with Crippen molar-refractivity contribution in [3.8, 4) is 0 Å². The number of anilines is 1.